The topological polar surface area (TPSA) is 72.7 Å². The fourth-order valence-electron chi connectivity index (χ4n) is 6.03. The largest absolute Gasteiger partial charge is 0.459 e. The van der Waals surface area contributed by atoms with Gasteiger partial charge < -0.3 is 29.8 Å². The van der Waals surface area contributed by atoms with Crippen molar-refractivity contribution in [3.8, 4) is 11.3 Å². The number of hydrogen-bond acceptors (Lipinski definition) is 7. The number of piperidine rings is 1. The number of nitrogens with zero attached hydrogens (tertiary/aromatic N) is 5. The van der Waals surface area contributed by atoms with Gasteiger partial charge in [0.25, 0.3) is 0 Å². The van der Waals surface area contributed by atoms with Crippen LogP contribution in [-0.4, -0.2) is 54.3 Å². The molecule has 0 bridgehead atoms. The standard InChI is InChI=1S/C33H39N7OS/c1-24-19-25(2)23-40(22-24)31-20-30(39-17-15-38(16-18-39)27-11-7-4-8-12-27)35-32(36-31)37-33(42)34-21-28-13-14-29(41-28)26-9-5-3-6-10-26/h3-14,20,24-25H,15-19,21-23H2,1-2H3,(H2,34,35,36,37,42)/t24-,25+. The van der Waals surface area contributed by atoms with Gasteiger partial charge in [0.15, 0.2) is 5.11 Å². The van der Waals surface area contributed by atoms with Gasteiger partial charge in [-0.25, -0.2) is 0 Å². The Bertz CT molecular complexity index is 1460. The van der Waals surface area contributed by atoms with E-state index in [2.05, 4.69) is 75.6 Å². The quantitative estimate of drug-likeness (QED) is 0.255. The first-order valence-corrected chi connectivity index (χ1v) is 15.3. The molecule has 4 aromatic rings. The number of rotatable bonds is 7. The summed E-state index contributed by atoms with van der Waals surface area (Å²) in [5, 5.41) is 6.98. The van der Waals surface area contributed by atoms with Crippen molar-refractivity contribution < 1.29 is 4.42 Å². The summed E-state index contributed by atoms with van der Waals surface area (Å²) >= 11 is 5.66. The Morgan fingerprint density at radius 2 is 1.43 bits per heavy atom. The molecule has 0 unspecified atom stereocenters. The Balaban J connectivity index is 1.15. The molecule has 0 saturated carbocycles. The van der Waals surface area contributed by atoms with Crippen LogP contribution >= 0.6 is 12.2 Å². The summed E-state index contributed by atoms with van der Waals surface area (Å²) in [5.74, 6) is 5.28. The van der Waals surface area contributed by atoms with Crippen LogP contribution in [0.25, 0.3) is 11.3 Å². The maximum absolute atomic E-state index is 6.03. The summed E-state index contributed by atoms with van der Waals surface area (Å²) in [6, 6.07) is 26.8. The Hall–Kier alpha value is -4.11. The molecule has 2 N–H and O–H groups in total. The van der Waals surface area contributed by atoms with E-state index in [1.165, 1.54) is 12.1 Å². The van der Waals surface area contributed by atoms with Crippen molar-refractivity contribution in [3.63, 3.8) is 0 Å². The zero-order valence-electron chi connectivity index (χ0n) is 24.4. The average molecular weight is 582 g/mol. The van der Waals surface area contributed by atoms with Gasteiger partial charge in [0, 0.05) is 56.6 Å². The third-order valence-electron chi connectivity index (χ3n) is 7.99. The fraction of sp³-hybridized carbons (Fsp3) is 0.364. The molecule has 218 valence electrons. The predicted molar refractivity (Wildman–Crippen MR) is 175 cm³/mol. The van der Waals surface area contributed by atoms with Crippen LogP contribution in [0.5, 0.6) is 0 Å². The molecular weight excluding hydrogens is 542 g/mol. The van der Waals surface area contributed by atoms with E-state index in [0.29, 0.717) is 29.4 Å². The molecule has 2 aromatic heterocycles. The predicted octanol–water partition coefficient (Wildman–Crippen LogP) is 6.03. The molecule has 6 rings (SSSR count). The van der Waals surface area contributed by atoms with Crippen molar-refractivity contribution in [3.05, 3.63) is 84.6 Å². The lowest BCUT2D eigenvalue weighted by Gasteiger charge is -2.38. The van der Waals surface area contributed by atoms with Gasteiger partial charge in [0.2, 0.25) is 5.95 Å². The lowest BCUT2D eigenvalue weighted by atomic mass is 9.92. The van der Waals surface area contributed by atoms with Gasteiger partial charge in [-0.15, -0.1) is 0 Å². The first-order valence-electron chi connectivity index (χ1n) is 14.9. The fourth-order valence-corrected chi connectivity index (χ4v) is 6.19. The molecule has 0 aliphatic carbocycles. The third kappa shape index (κ3) is 6.85. The summed E-state index contributed by atoms with van der Waals surface area (Å²) in [6.07, 6.45) is 1.24. The normalized spacial score (nSPS) is 19.0. The number of thiocarbonyl (C=S) groups is 1. The van der Waals surface area contributed by atoms with E-state index in [9.17, 15) is 0 Å². The number of aromatic nitrogens is 2. The number of anilines is 4. The molecule has 0 radical (unpaired) electrons. The molecule has 2 atom stereocenters. The van der Waals surface area contributed by atoms with E-state index in [4.69, 9.17) is 26.6 Å². The molecule has 9 heteroatoms. The van der Waals surface area contributed by atoms with Crippen LogP contribution in [0.3, 0.4) is 0 Å². The number of nitrogens with one attached hydrogen (secondary N) is 2. The van der Waals surface area contributed by atoms with Crippen molar-refractivity contribution in [2.24, 2.45) is 11.8 Å². The molecule has 0 spiro atoms. The second kappa shape index (κ2) is 12.8. The van der Waals surface area contributed by atoms with E-state index in [-0.39, 0.29) is 0 Å². The number of piperazine rings is 1. The van der Waals surface area contributed by atoms with Crippen molar-refractivity contribution >= 4 is 40.6 Å². The molecule has 2 aromatic carbocycles. The monoisotopic (exact) mass is 581 g/mol. The number of benzene rings is 2. The highest BCUT2D eigenvalue weighted by atomic mass is 32.1. The molecule has 42 heavy (non-hydrogen) atoms. The summed E-state index contributed by atoms with van der Waals surface area (Å²) in [7, 11) is 0. The smallest absolute Gasteiger partial charge is 0.232 e. The van der Waals surface area contributed by atoms with E-state index in [0.717, 1.165) is 68.0 Å². The van der Waals surface area contributed by atoms with Crippen LogP contribution < -0.4 is 25.3 Å². The van der Waals surface area contributed by atoms with Crippen LogP contribution in [0.1, 0.15) is 26.0 Å². The number of para-hydroxylation sites is 1. The highest BCUT2D eigenvalue weighted by Gasteiger charge is 2.26. The van der Waals surface area contributed by atoms with Crippen molar-refractivity contribution in [1.82, 2.24) is 15.3 Å². The van der Waals surface area contributed by atoms with E-state index in [1.807, 2.05) is 42.5 Å². The van der Waals surface area contributed by atoms with Crippen molar-refractivity contribution in [1.29, 1.82) is 0 Å². The Morgan fingerprint density at radius 1 is 0.810 bits per heavy atom. The van der Waals surface area contributed by atoms with Gasteiger partial charge in [-0.1, -0.05) is 62.4 Å². The third-order valence-corrected chi connectivity index (χ3v) is 8.23. The minimum Gasteiger partial charge on any atom is -0.459 e. The van der Waals surface area contributed by atoms with Crippen LogP contribution in [0.15, 0.2) is 83.3 Å². The molecule has 0 amide bonds. The Labute approximate surface area is 253 Å². The summed E-state index contributed by atoms with van der Waals surface area (Å²) in [4.78, 5) is 17.1. The zero-order chi connectivity index (χ0) is 28.9. The highest BCUT2D eigenvalue weighted by molar-refractivity contribution is 7.80. The SMILES string of the molecule is C[C@@H]1C[C@H](C)CN(c2cc(N3CCN(c4ccccc4)CC3)nc(NC(=S)NCc3ccc(-c4ccccc4)o3)n2)C1. The molecule has 2 saturated heterocycles. The molecule has 2 aliphatic heterocycles. The van der Waals surface area contributed by atoms with Gasteiger partial charge in [-0.3, -0.25) is 0 Å². The van der Waals surface area contributed by atoms with E-state index in [1.54, 1.807) is 0 Å². The lowest BCUT2D eigenvalue weighted by molar-refractivity contribution is 0.355. The van der Waals surface area contributed by atoms with Crippen LogP contribution in [0.2, 0.25) is 0 Å². The maximum atomic E-state index is 6.03. The van der Waals surface area contributed by atoms with Gasteiger partial charge >= 0.3 is 0 Å². The molecule has 2 fully saturated rings. The second-order valence-corrected chi connectivity index (χ2v) is 11.9. The Morgan fingerprint density at radius 3 is 2.12 bits per heavy atom. The molecule has 8 nitrogen and oxygen atoms in total. The molecule has 2 aliphatic rings. The molecule has 4 heterocycles. The average Bonchev–Trinajstić information content (AvgIpc) is 3.50. The maximum Gasteiger partial charge on any atom is 0.232 e. The minimum atomic E-state index is 0.463. The first-order chi connectivity index (χ1) is 20.5. The van der Waals surface area contributed by atoms with Gasteiger partial charge in [-0.05, 0) is 54.7 Å². The lowest BCUT2D eigenvalue weighted by Crippen LogP contribution is -2.47. The van der Waals surface area contributed by atoms with E-state index < -0.39 is 0 Å². The zero-order valence-corrected chi connectivity index (χ0v) is 25.2. The van der Waals surface area contributed by atoms with Crippen LogP contribution in [0, 0.1) is 11.8 Å². The van der Waals surface area contributed by atoms with Crippen LogP contribution in [0.4, 0.5) is 23.3 Å². The minimum absolute atomic E-state index is 0.463. The van der Waals surface area contributed by atoms with Gasteiger partial charge in [-0.2, -0.15) is 9.97 Å². The van der Waals surface area contributed by atoms with Gasteiger partial charge in [0.05, 0.1) is 6.54 Å². The van der Waals surface area contributed by atoms with Crippen molar-refractivity contribution in [2.75, 3.05) is 59.3 Å². The summed E-state index contributed by atoms with van der Waals surface area (Å²) < 4.78 is 6.03. The highest BCUT2D eigenvalue weighted by Crippen LogP contribution is 2.29. The first kappa shape index (κ1) is 28.0. The number of hydrogen-bond donors (Lipinski definition) is 2. The summed E-state index contributed by atoms with van der Waals surface area (Å²) in [6.45, 7) is 10.8. The van der Waals surface area contributed by atoms with Crippen LogP contribution in [-0.2, 0) is 6.54 Å². The number of furan rings is 1. The van der Waals surface area contributed by atoms with E-state index >= 15 is 0 Å². The Kier molecular flexibility index (Phi) is 8.55. The second-order valence-electron chi connectivity index (χ2n) is 11.5. The van der Waals surface area contributed by atoms with Gasteiger partial charge in [0.1, 0.15) is 23.2 Å². The van der Waals surface area contributed by atoms with Crippen molar-refractivity contribution in [2.45, 2.75) is 26.8 Å². The molecular formula is C33H39N7OS. The summed E-state index contributed by atoms with van der Waals surface area (Å²) in [5.41, 5.74) is 2.32.